The lowest BCUT2D eigenvalue weighted by molar-refractivity contribution is 0.399. The molecule has 0 amide bonds. The predicted molar refractivity (Wildman–Crippen MR) is 78.5 cm³/mol. The van der Waals surface area contributed by atoms with E-state index >= 15 is 0 Å². The summed E-state index contributed by atoms with van der Waals surface area (Å²) in [6.07, 6.45) is 0.583. The molecule has 0 N–H and O–H groups in total. The molecule has 0 fully saturated rings. The highest BCUT2D eigenvalue weighted by molar-refractivity contribution is 5.62. The first-order chi connectivity index (χ1) is 10.7. The van der Waals surface area contributed by atoms with E-state index in [4.69, 9.17) is 8.94 Å². The van der Waals surface area contributed by atoms with E-state index in [1.165, 1.54) is 0 Å². The largest absolute Gasteiger partial charge is 0.417 e. The maximum atomic E-state index is 9.26. The van der Waals surface area contributed by atoms with Crippen LogP contribution in [-0.4, -0.2) is 15.4 Å². The van der Waals surface area contributed by atoms with Crippen LogP contribution in [0.2, 0.25) is 0 Å². The second-order valence-electron chi connectivity index (χ2n) is 5.15. The molecule has 3 rings (SSSR count). The van der Waals surface area contributed by atoms with Crippen LogP contribution in [0.1, 0.15) is 26.2 Å². The molecule has 0 spiro atoms. The second kappa shape index (κ2) is 5.45. The van der Waals surface area contributed by atoms with Gasteiger partial charge in [-0.05, 0) is 13.3 Å². The molecule has 0 saturated carbocycles. The molecule has 6 nitrogen and oxygen atoms in total. The zero-order valence-corrected chi connectivity index (χ0v) is 12.3. The van der Waals surface area contributed by atoms with Gasteiger partial charge in [0.1, 0.15) is 5.41 Å². The molecule has 0 bridgehead atoms. The van der Waals surface area contributed by atoms with Crippen LogP contribution < -0.4 is 0 Å². The lowest BCUT2D eigenvalue weighted by atomic mass is 9.90. The Bertz CT molecular complexity index is 816. The van der Waals surface area contributed by atoms with E-state index in [1.54, 1.807) is 13.0 Å². The highest BCUT2D eigenvalue weighted by atomic mass is 16.5. The standard InChI is InChI=1S/C16H14N4O2/c1-3-16(2,10-17)15-19-18-14(21-15)12-9-13(22-20-12)11-7-5-4-6-8-11/h4-9H,3H2,1-2H3. The maximum absolute atomic E-state index is 9.26. The Balaban J connectivity index is 1.92. The zero-order chi connectivity index (χ0) is 15.6. The number of aromatic nitrogens is 3. The Morgan fingerprint density at radius 3 is 2.68 bits per heavy atom. The van der Waals surface area contributed by atoms with Gasteiger partial charge in [0.05, 0.1) is 6.07 Å². The van der Waals surface area contributed by atoms with Gasteiger partial charge in [-0.3, -0.25) is 0 Å². The summed E-state index contributed by atoms with van der Waals surface area (Å²) >= 11 is 0. The summed E-state index contributed by atoms with van der Waals surface area (Å²) < 4.78 is 10.9. The first-order valence-corrected chi connectivity index (χ1v) is 6.94. The van der Waals surface area contributed by atoms with Crippen molar-refractivity contribution in [2.24, 2.45) is 0 Å². The fraction of sp³-hybridized carbons (Fsp3) is 0.250. The van der Waals surface area contributed by atoms with Crippen molar-refractivity contribution in [2.75, 3.05) is 0 Å². The Morgan fingerprint density at radius 2 is 2.00 bits per heavy atom. The van der Waals surface area contributed by atoms with Crippen LogP contribution in [0.5, 0.6) is 0 Å². The second-order valence-corrected chi connectivity index (χ2v) is 5.15. The summed E-state index contributed by atoms with van der Waals surface area (Å²) in [6, 6.07) is 13.6. The third kappa shape index (κ3) is 2.37. The van der Waals surface area contributed by atoms with Crippen molar-refractivity contribution in [3.8, 4) is 29.0 Å². The van der Waals surface area contributed by atoms with E-state index in [-0.39, 0.29) is 11.8 Å². The van der Waals surface area contributed by atoms with Gasteiger partial charge >= 0.3 is 0 Å². The van der Waals surface area contributed by atoms with Gasteiger partial charge in [0, 0.05) is 11.6 Å². The smallest absolute Gasteiger partial charge is 0.269 e. The molecule has 0 radical (unpaired) electrons. The van der Waals surface area contributed by atoms with Crippen LogP contribution in [0.3, 0.4) is 0 Å². The fourth-order valence-electron chi connectivity index (χ4n) is 1.94. The highest BCUT2D eigenvalue weighted by Crippen LogP contribution is 2.29. The topological polar surface area (TPSA) is 88.7 Å². The summed E-state index contributed by atoms with van der Waals surface area (Å²) in [4.78, 5) is 0. The van der Waals surface area contributed by atoms with Crippen molar-refractivity contribution in [3.05, 3.63) is 42.3 Å². The fourth-order valence-corrected chi connectivity index (χ4v) is 1.94. The summed E-state index contributed by atoms with van der Waals surface area (Å²) in [5, 5.41) is 21.1. The number of nitriles is 1. The minimum Gasteiger partial charge on any atom is -0.417 e. The van der Waals surface area contributed by atoms with E-state index in [0.29, 0.717) is 17.9 Å². The van der Waals surface area contributed by atoms with Gasteiger partial charge in [0.2, 0.25) is 5.89 Å². The van der Waals surface area contributed by atoms with Crippen LogP contribution in [0.15, 0.2) is 45.3 Å². The lowest BCUT2D eigenvalue weighted by Crippen LogP contribution is -2.18. The average molecular weight is 294 g/mol. The van der Waals surface area contributed by atoms with Gasteiger partial charge in [0.15, 0.2) is 11.5 Å². The molecule has 3 aromatic rings. The van der Waals surface area contributed by atoms with Crippen LogP contribution >= 0.6 is 0 Å². The predicted octanol–water partition coefficient (Wildman–Crippen LogP) is 3.58. The third-order valence-corrected chi connectivity index (χ3v) is 3.64. The van der Waals surface area contributed by atoms with Gasteiger partial charge in [0.25, 0.3) is 5.89 Å². The molecule has 22 heavy (non-hydrogen) atoms. The molecular weight excluding hydrogens is 280 g/mol. The monoisotopic (exact) mass is 294 g/mol. The molecule has 1 atom stereocenters. The van der Waals surface area contributed by atoms with E-state index < -0.39 is 5.41 Å². The minimum atomic E-state index is -0.794. The number of nitrogens with zero attached hydrogens (tertiary/aromatic N) is 4. The zero-order valence-electron chi connectivity index (χ0n) is 12.3. The Kier molecular flexibility index (Phi) is 3.47. The number of hydrogen-bond donors (Lipinski definition) is 0. The van der Waals surface area contributed by atoms with Gasteiger partial charge in [-0.1, -0.05) is 42.4 Å². The summed E-state index contributed by atoms with van der Waals surface area (Å²) in [5.74, 6) is 1.15. The van der Waals surface area contributed by atoms with Crippen molar-refractivity contribution in [1.82, 2.24) is 15.4 Å². The van der Waals surface area contributed by atoms with Crippen LogP contribution in [0.4, 0.5) is 0 Å². The highest BCUT2D eigenvalue weighted by Gasteiger charge is 2.31. The molecule has 2 aromatic heterocycles. The third-order valence-electron chi connectivity index (χ3n) is 3.64. The minimum absolute atomic E-state index is 0.246. The molecule has 0 aliphatic rings. The van der Waals surface area contributed by atoms with Crippen molar-refractivity contribution in [1.29, 1.82) is 5.26 Å². The Hall–Kier alpha value is -2.94. The van der Waals surface area contributed by atoms with E-state index in [0.717, 1.165) is 5.56 Å². The van der Waals surface area contributed by atoms with Crippen molar-refractivity contribution < 1.29 is 8.94 Å². The quantitative estimate of drug-likeness (QED) is 0.730. The van der Waals surface area contributed by atoms with Gasteiger partial charge in [-0.15, -0.1) is 10.2 Å². The summed E-state index contributed by atoms with van der Waals surface area (Å²) in [7, 11) is 0. The van der Waals surface area contributed by atoms with Crippen LogP contribution in [-0.2, 0) is 5.41 Å². The molecule has 0 aliphatic heterocycles. The number of rotatable bonds is 4. The first-order valence-electron chi connectivity index (χ1n) is 6.94. The molecule has 0 aliphatic carbocycles. The average Bonchev–Trinajstić information content (AvgIpc) is 3.24. The molecule has 1 unspecified atom stereocenters. The summed E-state index contributed by atoms with van der Waals surface area (Å²) in [6.45, 7) is 3.67. The number of hydrogen-bond acceptors (Lipinski definition) is 6. The lowest BCUT2D eigenvalue weighted by Gasteiger charge is -2.12. The summed E-state index contributed by atoms with van der Waals surface area (Å²) in [5.41, 5.74) is 0.572. The molecule has 2 heterocycles. The Labute approximate surface area is 127 Å². The van der Waals surface area contributed by atoms with Gasteiger partial charge < -0.3 is 8.94 Å². The molecule has 110 valence electrons. The van der Waals surface area contributed by atoms with E-state index in [9.17, 15) is 5.26 Å². The Morgan fingerprint density at radius 1 is 1.23 bits per heavy atom. The van der Waals surface area contributed by atoms with Gasteiger partial charge in [-0.2, -0.15) is 5.26 Å². The van der Waals surface area contributed by atoms with Gasteiger partial charge in [-0.25, -0.2) is 0 Å². The molecule has 1 aromatic carbocycles. The van der Waals surface area contributed by atoms with Crippen molar-refractivity contribution in [2.45, 2.75) is 25.7 Å². The van der Waals surface area contributed by atoms with E-state index in [1.807, 2.05) is 37.3 Å². The van der Waals surface area contributed by atoms with E-state index in [2.05, 4.69) is 21.4 Å². The normalized spacial score (nSPS) is 13.5. The van der Waals surface area contributed by atoms with Crippen LogP contribution in [0, 0.1) is 11.3 Å². The molecule has 0 saturated heterocycles. The molecule has 6 heteroatoms. The van der Waals surface area contributed by atoms with Crippen LogP contribution in [0.25, 0.3) is 22.9 Å². The van der Waals surface area contributed by atoms with Crippen molar-refractivity contribution >= 4 is 0 Å². The molecular formula is C16H14N4O2. The maximum Gasteiger partial charge on any atom is 0.269 e. The SMILES string of the molecule is CCC(C)(C#N)c1nnc(-c2cc(-c3ccccc3)on2)o1. The first kappa shape index (κ1) is 14.0. The number of benzene rings is 1. The van der Waals surface area contributed by atoms with Crippen molar-refractivity contribution in [3.63, 3.8) is 0 Å².